The largest absolute Gasteiger partial charge is 0.289 e. The van der Waals surface area contributed by atoms with Gasteiger partial charge in [0.1, 0.15) is 0 Å². The van der Waals surface area contributed by atoms with Gasteiger partial charge in [0.15, 0.2) is 0 Å². The highest BCUT2D eigenvalue weighted by atomic mass is 14.8. The van der Waals surface area contributed by atoms with Crippen molar-refractivity contribution in [1.29, 1.82) is 0 Å². The van der Waals surface area contributed by atoms with Crippen LogP contribution in [0.2, 0.25) is 0 Å². The summed E-state index contributed by atoms with van der Waals surface area (Å²) in [7, 11) is 0. The quantitative estimate of drug-likeness (QED) is 0.274. The molecule has 0 aliphatic heterocycles. The monoisotopic (exact) mass is 391 g/mol. The second-order valence-corrected chi connectivity index (χ2v) is 12.9. The van der Waals surface area contributed by atoms with Crippen LogP contribution in [0.15, 0.2) is 17.1 Å². The van der Waals surface area contributed by atoms with Crippen molar-refractivity contribution < 1.29 is 0 Å². The van der Waals surface area contributed by atoms with Crippen LogP contribution < -0.4 is 0 Å². The van der Waals surface area contributed by atoms with Crippen LogP contribution in [0.4, 0.5) is 0 Å². The van der Waals surface area contributed by atoms with Gasteiger partial charge in [0.25, 0.3) is 0 Å². The smallest absolute Gasteiger partial charge is 0.0681 e. The van der Waals surface area contributed by atoms with Crippen LogP contribution in [-0.2, 0) is 0 Å². The SMILES string of the molecule is CC=CC(CC(C)(C)C)N=CC(C)(CCCC(C)(C)C)C(C)(CC)C(C)(C)C. The molecule has 0 fully saturated rings. The topological polar surface area (TPSA) is 12.4 Å². The Labute approximate surface area is 178 Å². The summed E-state index contributed by atoms with van der Waals surface area (Å²) in [4.78, 5) is 5.20. The summed E-state index contributed by atoms with van der Waals surface area (Å²) in [6, 6.07) is 0.271. The number of allylic oxidation sites excluding steroid dienone is 1. The lowest BCUT2D eigenvalue weighted by Gasteiger charge is -2.53. The highest BCUT2D eigenvalue weighted by molar-refractivity contribution is 5.67. The van der Waals surface area contributed by atoms with E-state index < -0.39 is 0 Å². The molecular formula is C27H53N. The van der Waals surface area contributed by atoms with Crippen molar-refractivity contribution in [2.75, 3.05) is 0 Å². The third-order valence-corrected chi connectivity index (χ3v) is 7.03. The highest BCUT2D eigenvalue weighted by Crippen LogP contribution is 2.55. The third kappa shape index (κ3) is 8.42. The lowest BCUT2D eigenvalue weighted by molar-refractivity contribution is -0.00180. The van der Waals surface area contributed by atoms with Crippen molar-refractivity contribution in [3.05, 3.63) is 12.2 Å². The van der Waals surface area contributed by atoms with E-state index in [2.05, 4.69) is 108 Å². The molecule has 0 heterocycles. The second kappa shape index (κ2) is 9.94. The van der Waals surface area contributed by atoms with Crippen LogP contribution in [0.25, 0.3) is 0 Å². The van der Waals surface area contributed by atoms with Crippen molar-refractivity contribution in [1.82, 2.24) is 0 Å². The fraction of sp³-hybridized carbons (Fsp3) is 0.889. The Hall–Kier alpha value is -0.590. The summed E-state index contributed by atoms with van der Waals surface area (Å²) < 4.78 is 0. The summed E-state index contributed by atoms with van der Waals surface area (Å²) in [5.74, 6) is 0. The first-order valence-electron chi connectivity index (χ1n) is 11.6. The second-order valence-electron chi connectivity index (χ2n) is 12.9. The predicted octanol–water partition coefficient (Wildman–Crippen LogP) is 9.12. The lowest BCUT2D eigenvalue weighted by atomic mass is 9.51. The number of nitrogens with zero attached hydrogens (tertiary/aromatic N) is 1. The molecule has 28 heavy (non-hydrogen) atoms. The summed E-state index contributed by atoms with van der Waals surface area (Å²) in [6.45, 7) is 30.7. The zero-order valence-corrected chi connectivity index (χ0v) is 21.8. The van der Waals surface area contributed by atoms with Crippen LogP contribution >= 0.6 is 0 Å². The van der Waals surface area contributed by atoms with E-state index in [-0.39, 0.29) is 27.7 Å². The molecule has 0 saturated heterocycles. The minimum atomic E-state index is 0.0863. The van der Waals surface area contributed by atoms with Gasteiger partial charge in [0.05, 0.1) is 6.04 Å². The molecule has 0 amide bonds. The van der Waals surface area contributed by atoms with Gasteiger partial charge in [0.2, 0.25) is 0 Å². The Morgan fingerprint density at radius 1 is 0.786 bits per heavy atom. The van der Waals surface area contributed by atoms with Gasteiger partial charge in [-0.3, -0.25) is 4.99 Å². The van der Waals surface area contributed by atoms with Gasteiger partial charge in [-0.25, -0.2) is 0 Å². The van der Waals surface area contributed by atoms with Crippen molar-refractivity contribution >= 4 is 6.21 Å². The normalized spacial score (nSPS) is 19.8. The fourth-order valence-electron chi connectivity index (χ4n) is 4.54. The van der Waals surface area contributed by atoms with Crippen LogP contribution in [0, 0.1) is 27.1 Å². The number of rotatable bonds is 9. The minimum absolute atomic E-state index is 0.0863. The maximum Gasteiger partial charge on any atom is 0.0681 e. The molecule has 3 atom stereocenters. The molecule has 0 rings (SSSR count). The van der Waals surface area contributed by atoms with Gasteiger partial charge in [-0.2, -0.15) is 0 Å². The molecule has 0 N–H and O–H groups in total. The number of aliphatic imine (C=N–C) groups is 1. The van der Waals surface area contributed by atoms with E-state index in [0.717, 1.165) is 6.42 Å². The Morgan fingerprint density at radius 2 is 1.32 bits per heavy atom. The zero-order chi connectivity index (χ0) is 22.4. The Bertz CT molecular complexity index is 506. The Morgan fingerprint density at radius 3 is 1.68 bits per heavy atom. The van der Waals surface area contributed by atoms with E-state index in [9.17, 15) is 0 Å². The minimum Gasteiger partial charge on any atom is -0.289 e. The van der Waals surface area contributed by atoms with Crippen LogP contribution in [0.3, 0.4) is 0 Å². The molecule has 0 aliphatic rings. The van der Waals surface area contributed by atoms with Gasteiger partial charge in [-0.05, 0) is 54.3 Å². The van der Waals surface area contributed by atoms with E-state index in [1.54, 1.807) is 0 Å². The van der Waals surface area contributed by atoms with E-state index in [0.29, 0.717) is 5.41 Å². The molecule has 0 aromatic carbocycles. The number of hydrogen-bond acceptors (Lipinski definition) is 1. The van der Waals surface area contributed by atoms with Gasteiger partial charge >= 0.3 is 0 Å². The van der Waals surface area contributed by atoms with Crippen molar-refractivity contribution in [2.24, 2.45) is 32.1 Å². The fourth-order valence-corrected chi connectivity index (χ4v) is 4.54. The van der Waals surface area contributed by atoms with Crippen LogP contribution in [0.1, 0.15) is 122 Å². The van der Waals surface area contributed by atoms with Crippen molar-refractivity contribution in [2.45, 2.75) is 128 Å². The summed E-state index contributed by atoms with van der Waals surface area (Å²) in [6.07, 6.45) is 12.8. The first-order valence-corrected chi connectivity index (χ1v) is 11.6. The van der Waals surface area contributed by atoms with E-state index in [1.807, 2.05) is 0 Å². The molecule has 0 bridgehead atoms. The van der Waals surface area contributed by atoms with Gasteiger partial charge in [0, 0.05) is 11.6 Å². The summed E-state index contributed by atoms with van der Waals surface area (Å²) in [5.41, 5.74) is 1.18. The molecule has 0 aromatic rings. The molecular weight excluding hydrogens is 338 g/mol. The van der Waals surface area contributed by atoms with Gasteiger partial charge in [-0.1, -0.05) is 102 Å². The molecule has 0 spiro atoms. The van der Waals surface area contributed by atoms with E-state index in [1.165, 1.54) is 25.7 Å². The van der Waals surface area contributed by atoms with E-state index >= 15 is 0 Å². The molecule has 0 aliphatic carbocycles. The Balaban J connectivity index is 5.94. The Kier molecular flexibility index (Phi) is 9.73. The first-order chi connectivity index (χ1) is 12.4. The first kappa shape index (κ1) is 27.4. The van der Waals surface area contributed by atoms with Crippen molar-refractivity contribution in [3.8, 4) is 0 Å². The summed E-state index contributed by atoms with van der Waals surface area (Å²) in [5, 5.41) is 0. The average molecular weight is 392 g/mol. The van der Waals surface area contributed by atoms with Crippen molar-refractivity contribution in [3.63, 3.8) is 0 Å². The number of hydrogen-bond donors (Lipinski definition) is 0. The molecule has 0 radical (unpaired) electrons. The lowest BCUT2D eigenvalue weighted by Crippen LogP contribution is -2.48. The maximum atomic E-state index is 5.20. The van der Waals surface area contributed by atoms with Gasteiger partial charge in [-0.15, -0.1) is 0 Å². The molecule has 3 unspecified atom stereocenters. The molecule has 1 heteroatoms. The standard InChI is InChI=1S/C27H53N/c1-14-17-22(20-24(6,7)8)28-21-26(12,19-16-18-23(3,4)5)27(13,15-2)25(9,10)11/h14,17,21-22H,15-16,18-20H2,1-13H3. The van der Waals surface area contributed by atoms with Gasteiger partial charge < -0.3 is 0 Å². The van der Waals surface area contributed by atoms with E-state index in [4.69, 9.17) is 4.99 Å². The highest BCUT2D eigenvalue weighted by Gasteiger charge is 2.49. The molecule has 166 valence electrons. The molecule has 0 saturated carbocycles. The molecule has 0 aromatic heterocycles. The van der Waals surface area contributed by atoms with Crippen LogP contribution in [0.5, 0.6) is 0 Å². The zero-order valence-electron chi connectivity index (χ0n) is 21.8. The maximum absolute atomic E-state index is 5.20. The third-order valence-electron chi connectivity index (χ3n) is 7.03. The summed E-state index contributed by atoms with van der Waals surface area (Å²) >= 11 is 0. The average Bonchev–Trinajstić information content (AvgIpc) is 2.48. The molecule has 1 nitrogen and oxygen atoms in total. The predicted molar refractivity (Wildman–Crippen MR) is 130 cm³/mol. The van der Waals surface area contributed by atoms with Crippen LogP contribution in [-0.4, -0.2) is 12.3 Å².